The SMILES string of the molecule is Cc1ccc(NSc2cccc(C#N)c2)c2[nH]ccc12. The summed E-state index contributed by atoms with van der Waals surface area (Å²) in [5, 5.41) is 10.1. The average molecular weight is 279 g/mol. The fourth-order valence-electron chi connectivity index (χ4n) is 2.13. The molecule has 0 aliphatic carbocycles. The molecule has 3 rings (SSSR count). The van der Waals surface area contributed by atoms with Gasteiger partial charge in [0.05, 0.1) is 22.8 Å². The van der Waals surface area contributed by atoms with Gasteiger partial charge >= 0.3 is 0 Å². The molecule has 98 valence electrons. The smallest absolute Gasteiger partial charge is 0.0992 e. The van der Waals surface area contributed by atoms with Gasteiger partial charge in [0.25, 0.3) is 0 Å². The van der Waals surface area contributed by atoms with Crippen molar-refractivity contribution in [2.24, 2.45) is 0 Å². The molecule has 2 N–H and O–H groups in total. The van der Waals surface area contributed by atoms with E-state index in [0.717, 1.165) is 16.1 Å². The lowest BCUT2D eigenvalue weighted by Gasteiger charge is -2.08. The second-order valence-electron chi connectivity index (χ2n) is 4.54. The molecule has 0 unspecified atom stereocenters. The number of benzene rings is 2. The van der Waals surface area contributed by atoms with Gasteiger partial charge in [-0.25, -0.2) is 0 Å². The van der Waals surface area contributed by atoms with Crippen LogP contribution in [0.3, 0.4) is 0 Å². The molecule has 1 heterocycles. The van der Waals surface area contributed by atoms with E-state index in [1.54, 1.807) is 6.07 Å². The van der Waals surface area contributed by atoms with Crippen molar-refractivity contribution < 1.29 is 0 Å². The van der Waals surface area contributed by atoms with Gasteiger partial charge in [-0.15, -0.1) is 0 Å². The number of H-pyrrole nitrogens is 1. The first-order valence-electron chi connectivity index (χ1n) is 6.27. The van der Waals surface area contributed by atoms with Crippen LogP contribution >= 0.6 is 11.9 Å². The van der Waals surface area contributed by atoms with Crippen LogP contribution in [0.1, 0.15) is 11.1 Å². The lowest BCUT2D eigenvalue weighted by Crippen LogP contribution is -1.89. The molecule has 0 spiro atoms. The number of nitriles is 1. The van der Waals surface area contributed by atoms with E-state index in [-0.39, 0.29) is 0 Å². The fourth-order valence-corrected chi connectivity index (χ4v) is 2.86. The molecule has 0 fully saturated rings. The van der Waals surface area contributed by atoms with Gasteiger partial charge in [-0.3, -0.25) is 0 Å². The Morgan fingerprint density at radius 3 is 2.95 bits per heavy atom. The van der Waals surface area contributed by atoms with Gasteiger partial charge in [0.2, 0.25) is 0 Å². The molecule has 0 amide bonds. The van der Waals surface area contributed by atoms with Gasteiger partial charge in [-0.2, -0.15) is 5.26 Å². The van der Waals surface area contributed by atoms with Crippen LogP contribution in [0, 0.1) is 18.3 Å². The van der Waals surface area contributed by atoms with E-state index >= 15 is 0 Å². The number of nitrogens with one attached hydrogen (secondary N) is 2. The normalized spacial score (nSPS) is 10.4. The minimum absolute atomic E-state index is 0.672. The first-order chi connectivity index (χ1) is 9.78. The number of hydrogen-bond acceptors (Lipinski definition) is 3. The zero-order chi connectivity index (χ0) is 13.9. The number of nitrogens with zero attached hydrogens (tertiary/aromatic N) is 1. The summed E-state index contributed by atoms with van der Waals surface area (Å²) in [5.41, 5.74) is 4.07. The molecule has 20 heavy (non-hydrogen) atoms. The standard InChI is InChI=1S/C16H13N3S/c1-11-5-6-15(16-14(11)7-8-18-16)19-20-13-4-2-3-12(9-13)10-17/h2-9,18-19H,1H3. The summed E-state index contributed by atoms with van der Waals surface area (Å²) in [6.07, 6.45) is 1.95. The van der Waals surface area contributed by atoms with Crippen molar-refractivity contribution in [1.82, 2.24) is 4.98 Å². The highest BCUT2D eigenvalue weighted by atomic mass is 32.2. The van der Waals surface area contributed by atoms with E-state index in [4.69, 9.17) is 5.26 Å². The highest BCUT2D eigenvalue weighted by Gasteiger charge is 2.05. The second kappa shape index (κ2) is 5.32. The van der Waals surface area contributed by atoms with Gasteiger partial charge in [-0.1, -0.05) is 12.1 Å². The minimum Gasteiger partial charge on any atom is -0.359 e. The fraction of sp³-hybridized carbons (Fsp3) is 0.0625. The Bertz CT molecular complexity index is 799. The maximum atomic E-state index is 8.91. The monoisotopic (exact) mass is 279 g/mol. The Balaban J connectivity index is 1.85. The number of aromatic nitrogens is 1. The minimum atomic E-state index is 0.672. The summed E-state index contributed by atoms with van der Waals surface area (Å²) in [6.45, 7) is 2.10. The third-order valence-electron chi connectivity index (χ3n) is 3.18. The molecule has 0 radical (unpaired) electrons. The molecule has 0 saturated heterocycles. The highest BCUT2D eigenvalue weighted by Crippen LogP contribution is 2.29. The molecule has 3 nitrogen and oxygen atoms in total. The third-order valence-corrected chi connectivity index (χ3v) is 3.99. The first kappa shape index (κ1) is 12.6. The van der Waals surface area contributed by atoms with Crippen molar-refractivity contribution >= 4 is 28.5 Å². The van der Waals surface area contributed by atoms with E-state index in [0.29, 0.717) is 5.56 Å². The number of aryl methyl sites for hydroxylation is 1. The number of hydrogen-bond donors (Lipinski definition) is 2. The Kier molecular flexibility index (Phi) is 3.36. The number of fused-ring (bicyclic) bond motifs is 1. The molecule has 1 aromatic heterocycles. The topological polar surface area (TPSA) is 51.6 Å². The highest BCUT2D eigenvalue weighted by molar-refractivity contribution is 8.00. The van der Waals surface area contributed by atoms with Crippen molar-refractivity contribution in [3.05, 3.63) is 59.8 Å². The number of anilines is 1. The van der Waals surface area contributed by atoms with Gasteiger partial charge in [0.1, 0.15) is 0 Å². The largest absolute Gasteiger partial charge is 0.359 e. The predicted octanol–water partition coefficient (Wildman–Crippen LogP) is 4.47. The summed E-state index contributed by atoms with van der Waals surface area (Å²) in [5.74, 6) is 0. The molecular formula is C16H13N3S. The van der Waals surface area contributed by atoms with Crippen LogP contribution in [0.2, 0.25) is 0 Å². The van der Waals surface area contributed by atoms with Gasteiger partial charge < -0.3 is 9.71 Å². The molecule has 0 saturated carbocycles. The lowest BCUT2D eigenvalue weighted by atomic mass is 10.1. The van der Waals surface area contributed by atoms with Gasteiger partial charge in [0.15, 0.2) is 0 Å². The first-order valence-corrected chi connectivity index (χ1v) is 7.09. The molecule has 0 aliphatic rings. The van der Waals surface area contributed by atoms with E-state index in [1.807, 2.05) is 24.4 Å². The Morgan fingerprint density at radius 1 is 1.20 bits per heavy atom. The lowest BCUT2D eigenvalue weighted by molar-refractivity contribution is 1.40. The van der Waals surface area contributed by atoms with Crippen molar-refractivity contribution in [2.75, 3.05) is 4.72 Å². The van der Waals surface area contributed by atoms with Crippen LogP contribution in [0.4, 0.5) is 5.69 Å². The summed E-state index contributed by atoms with van der Waals surface area (Å²) >= 11 is 1.51. The third kappa shape index (κ3) is 2.36. The Morgan fingerprint density at radius 2 is 2.10 bits per heavy atom. The van der Waals surface area contributed by atoms with E-state index in [2.05, 4.69) is 40.9 Å². The van der Waals surface area contributed by atoms with E-state index in [1.165, 1.54) is 22.9 Å². The maximum Gasteiger partial charge on any atom is 0.0992 e. The van der Waals surface area contributed by atoms with E-state index < -0.39 is 0 Å². The zero-order valence-corrected chi connectivity index (χ0v) is 11.8. The van der Waals surface area contributed by atoms with Crippen molar-refractivity contribution in [2.45, 2.75) is 11.8 Å². The average Bonchev–Trinajstić information content (AvgIpc) is 2.97. The van der Waals surface area contributed by atoms with Crippen molar-refractivity contribution in [3.63, 3.8) is 0 Å². The van der Waals surface area contributed by atoms with Crippen LogP contribution in [-0.4, -0.2) is 4.98 Å². The van der Waals surface area contributed by atoms with Crippen LogP contribution in [0.5, 0.6) is 0 Å². The van der Waals surface area contributed by atoms with Crippen LogP contribution < -0.4 is 4.72 Å². The molecule has 4 heteroatoms. The molecule has 2 aromatic carbocycles. The van der Waals surface area contributed by atoms with Crippen LogP contribution in [-0.2, 0) is 0 Å². The predicted molar refractivity (Wildman–Crippen MR) is 83.7 cm³/mol. The van der Waals surface area contributed by atoms with Crippen LogP contribution in [0.15, 0.2) is 53.6 Å². The zero-order valence-electron chi connectivity index (χ0n) is 11.0. The second-order valence-corrected chi connectivity index (χ2v) is 5.42. The van der Waals surface area contributed by atoms with E-state index in [9.17, 15) is 0 Å². The molecule has 0 aliphatic heterocycles. The van der Waals surface area contributed by atoms with Crippen molar-refractivity contribution in [1.29, 1.82) is 5.26 Å². The summed E-state index contributed by atoms with van der Waals surface area (Å²) in [6, 6.07) is 16.0. The summed E-state index contributed by atoms with van der Waals surface area (Å²) < 4.78 is 3.34. The summed E-state index contributed by atoms with van der Waals surface area (Å²) in [4.78, 5) is 4.28. The molecule has 0 bridgehead atoms. The number of aromatic amines is 1. The molecular weight excluding hydrogens is 266 g/mol. The number of rotatable bonds is 3. The molecule has 0 atom stereocenters. The molecule has 3 aromatic rings. The van der Waals surface area contributed by atoms with Gasteiger partial charge in [-0.05, 0) is 54.8 Å². The summed E-state index contributed by atoms with van der Waals surface area (Å²) in [7, 11) is 0. The van der Waals surface area contributed by atoms with Crippen molar-refractivity contribution in [3.8, 4) is 6.07 Å². The maximum absolute atomic E-state index is 8.91. The van der Waals surface area contributed by atoms with Gasteiger partial charge in [0, 0.05) is 16.5 Å². The quantitative estimate of drug-likeness (QED) is 0.696. The Hall–Kier alpha value is -2.38. The Labute approximate surface area is 121 Å². The van der Waals surface area contributed by atoms with Crippen LogP contribution in [0.25, 0.3) is 10.9 Å².